The van der Waals surface area contributed by atoms with E-state index in [0.29, 0.717) is 13.2 Å². The van der Waals surface area contributed by atoms with E-state index in [1.807, 2.05) is 6.07 Å². The van der Waals surface area contributed by atoms with Gasteiger partial charge in [-0.25, -0.2) is 70.2 Å². The van der Waals surface area contributed by atoms with Crippen molar-refractivity contribution in [3.8, 4) is 5.75 Å². The van der Waals surface area contributed by atoms with Crippen molar-refractivity contribution in [2.24, 2.45) is 0 Å². The molecule has 0 N–H and O–H groups in total. The van der Waals surface area contributed by atoms with Gasteiger partial charge >= 0.3 is 172 Å². The van der Waals surface area contributed by atoms with Crippen molar-refractivity contribution in [3.05, 3.63) is 200 Å². The van der Waals surface area contributed by atoms with Crippen LogP contribution in [0.3, 0.4) is 0 Å². The van der Waals surface area contributed by atoms with Gasteiger partial charge in [-0.15, -0.1) is 21.9 Å². The largest absolute Gasteiger partial charge is 0.416 e. The second-order valence-electron chi connectivity index (χ2n) is 16.3. The molecule has 81 heavy (non-hydrogen) atoms. The maximum absolute atomic E-state index is 16.0. The number of para-hydroxylation sites is 1. The monoisotopic (exact) mass is 1260 g/mol. The van der Waals surface area contributed by atoms with Gasteiger partial charge in [0.05, 0.1) is 22.3 Å². The van der Waals surface area contributed by atoms with Crippen molar-refractivity contribution >= 4 is 55.3 Å². The molecule has 0 aromatic heterocycles. The van der Waals surface area contributed by atoms with E-state index in [9.17, 15) is 87.8 Å². The van der Waals surface area contributed by atoms with Crippen LogP contribution in [0.4, 0.5) is 123 Å². The van der Waals surface area contributed by atoms with Gasteiger partial charge in [0, 0.05) is 0 Å². The summed E-state index contributed by atoms with van der Waals surface area (Å²) in [6, 6.07) is 29.9. The van der Waals surface area contributed by atoms with E-state index in [1.165, 1.54) is 13.4 Å². The molecule has 0 atom stereocenters. The molecular weight excluding hydrogens is 1240 g/mol. The van der Waals surface area contributed by atoms with Crippen LogP contribution in [0.5, 0.6) is 5.75 Å². The van der Waals surface area contributed by atoms with Crippen molar-refractivity contribution in [1.29, 1.82) is 0 Å². The molecule has 0 radical (unpaired) electrons. The molecule has 434 valence electrons. The Kier molecular flexibility index (Phi) is 18.0. The molecule has 0 saturated carbocycles. The molecule has 0 aliphatic rings. The third-order valence-electron chi connectivity index (χ3n) is 11.7. The molecule has 7 aromatic carbocycles. The number of ether oxygens (including phenoxy) is 2. The van der Waals surface area contributed by atoms with Gasteiger partial charge in [-0.2, -0.15) is 52.7 Å². The molecule has 0 heterocycles. The van der Waals surface area contributed by atoms with E-state index >= 15 is 35.1 Å². The molecule has 0 bridgehead atoms. The first kappa shape index (κ1) is 63.1. The van der Waals surface area contributed by atoms with E-state index in [-0.39, 0.29) is 0 Å². The van der Waals surface area contributed by atoms with E-state index in [4.69, 9.17) is 9.47 Å². The molecule has 0 saturated heterocycles. The number of methoxy groups -OCH3 is 1. The average Bonchev–Trinajstić information content (AvgIpc) is 3.58. The summed E-state index contributed by atoms with van der Waals surface area (Å²) in [4.78, 5) is 0. The normalized spacial score (nSPS) is 12.5. The van der Waals surface area contributed by atoms with Crippen LogP contribution in [0.1, 0.15) is 22.3 Å². The van der Waals surface area contributed by atoms with Crippen LogP contribution in [0, 0.1) is 93.1 Å². The minimum atomic E-state index is -8.89. The fraction of sp³-hybridized carbons (Fsp3) is 0.143. The summed E-state index contributed by atoms with van der Waals surface area (Å²) in [6.45, 7) is 1.16. The molecule has 32 heteroatoms. The first-order valence-corrected chi connectivity index (χ1v) is 24.0. The Labute approximate surface area is 437 Å². The summed E-state index contributed by atoms with van der Waals surface area (Å²) >= 11 is -1.39. The molecule has 0 fully saturated rings. The third kappa shape index (κ3) is 11.2. The van der Waals surface area contributed by atoms with E-state index in [2.05, 4.69) is 78.9 Å². The fourth-order valence-corrected chi connectivity index (χ4v) is 13.2. The topological polar surface area (TPSA) is 18.5 Å². The summed E-state index contributed by atoms with van der Waals surface area (Å²) in [5, 5.41) is 0. The minimum absolute atomic E-state index is 0.565. The maximum atomic E-state index is 16.0. The van der Waals surface area contributed by atoms with Gasteiger partial charge in [0.15, 0.2) is 69.8 Å². The quantitative estimate of drug-likeness (QED) is 0.0423. The Bertz CT molecular complexity index is 3160. The molecule has 2 nitrogen and oxygen atoms in total. The Morgan fingerprint density at radius 1 is 0.321 bits per heavy atom. The minimum Gasteiger partial charge on any atom is -0.207 e. The smallest absolute Gasteiger partial charge is 0.207 e. The van der Waals surface area contributed by atoms with Crippen LogP contribution >= 0.6 is 0 Å². The number of alkyl halides is 12. The van der Waals surface area contributed by atoms with Crippen LogP contribution in [0.25, 0.3) is 0 Å². The summed E-state index contributed by atoms with van der Waals surface area (Å²) in [5.41, 5.74) is -38.1. The van der Waals surface area contributed by atoms with Crippen LogP contribution in [0.2, 0.25) is 0 Å². The van der Waals surface area contributed by atoms with Crippen molar-refractivity contribution in [3.63, 3.8) is 0 Å². The zero-order valence-corrected chi connectivity index (χ0v) is 40.6. The SMILES string of the molecule is COCCOc1ccccc1[Se+](c1ccccc1)c1ccccc1.Fc1c(F)c(F)c(C(F)(F)F)c([B-](c2c(F)c(F)c(F)c(F)c2C(F)(F)F)(c2c(F)c(F)c(F)c(F)c2C(F)(F)F)c2c(F)c(F)c(F)c(F)c2C(F)(F)F)c1F. The molecule has 0 amide bonds. The number of rotatable bonds is 11. The van der Waals surface area contributed by atoms with Crippen LogP contribution < -0.4 is 40.0 Å². The molecule has 0 aliphatic heterocycles. The van der Waals surface area contributed by atoms with Crippen molar-refractivity contribution in [1.82, 2.24) is 0 Å². The van der Waals surface area contributed by atoms with E-state index in [0.717, 1.165) is 5.75 Å². The molecule has 0 aliphatic carbocycles. The predicted molar refractivity (Wildman–Crippen MR) is 231 cm³/mol. The van der Waals surface area contributed by atoms with Crippen molar-refractivity contribution in [2.45, 2.75) is 24.7 Å². The first-order chi connectivity index (χ1) is 37.4. The van der Waals surface area contributed by atoms with E-state index in [1.54, 1.807) is 7.11 Å². The molecule has 7 rings (SSSR count). The maximum Gasteiger partial charge on any atom is 0.416 e. The van der Waals surface area contributed by atoms with Crippen molar-refractivity contribution < 1.29 is 132 Å². The standard InChI is InChI=1S/C28BF28.C21H21O2Se/c30-9-1(25(46,47)48)5(13(34)21(42)17(9)38)29(6-2(26(49,50)51)10(31)18(39)22(43)14(6)35,7-3(27(52,53)54)11(32)19(40)23(44)15(7)36)8-4(28(55,56)57)12(33)20(41)24(45)16(8)37;1-22-16-17-23-20-14-8-9-15-21(20)24(18-10-4-2-5-11-18)19-12-6-3-7-13-19/h;2-15H,16-17H2,1H3/q-1;+1. The van der Waals surface area contributed by atoms with Crippen LogP contribution in [-0.2, 0) is 29.4 Å². The van der Waals surface area contributed by atoms with Gasteiger partial charge in [0.1, 0.15) is 29.4 Å². The summed E-state index contributed by atoms with van der Waals surface area (Å²) in [5.74, 6) is -68.8. The van der Waals surface area contributed by atoms with Gasteiger partial charge in [-0.3, -0.25) is 0 Å². The number of benzene rings is 7. The second-order valence-corrected chi connectivity index (χ2v) is 20.4. The summed E-state index contributed by atoms with van der Waals surface area (Å²) in [7, 11) is 1.69. The molecule has 0 spiro atoms. The average molecular weight is 1260 g/mol. The summed E-state index contributed by atoms with van der Waals surface area (Å²) in [6.07, 6.45) is -39.5. The number of hydrogen-bond donors (Lipinski definition) is 0. The van der Waals surface area contributed by atoms with Gasteiger partial charge in [0.25, 0.3) is 0 Å². The van der Waals surface area contributed by atoms with E-state index < -0.39 is 182 Å². The Balaban J connectivity index is 0.000000363. The molecule has 0 unspecified atom stereocenters. The number of halogens is 28. The molecule has 7 aromatic rings. The number of hydrogen-bond acceptors (Lipinski definition) is 2. The van der Waals surface area contributed by atoms with Gasteiger partial charge in [0.2, 0.25) is 0 Å². The Morgan fingerprint density at radius 3 is 0.827 bits per heavy atom. The van der Waals surface area contributed by atoms with Gasteiger partial charge < -0.3 is 0 Å². The Hall–Kier alpha value is -7.08. The zero-order chi connectivity index (χ0) is 61.0. The van der Waals surface area contributed by atoms with Crippen molar-refractivity contribution in [2.75, 3.05) is 20.3 Å². The zero-order valence-electron chi connectivity index (χ0n) is 38.9. The van der Waals surface area contributed by atoms with Gasteiger partial charge in [-0.05, 0) is 0 Å². The van der Waals surface area contributed by atoms with Crippen LogP contribution in [0.15, 0.2) is 84.9 Å². The predicted octanol–water partition coefficient (Wildman–Crippen LogP) is 11.6. The first-order valence-electron chi connectivity index (χ1n) is 21.4. The van der Waals surface area contributed by atoms with Gasteiger partial charge in [-0.1, -0.05) is 0 Å². The molecular formula is C49H21BF28O2Se. The Morgan fingerprint density at radius 2 is 0.568 bits per heavy atom. The fourth-order valence-electron chi connectivity index (χ4n) is 8.67. The third-order valence-corrected chi connectivity index (χ3v) is 16.4. The second kappa shape index (κ2) is 23.1. The van der Waals surface area contributed by atoms with Crippen LogP contribution in [-0.4, -0.2) is 40.4 Å². The summed E-state index contributed by atoms with van der Waals surface area (Å²) < 4.78 is 433.